The van der Waals surface area contributed by atoms with E-state index in [1.165, 1.54) is 0 Å². The molecule has 0 aromatic heterocycles. The lowest BCUT2D eigenvalue weighted by Gasteiger charge is -2.28. The summed E-state index contributed by atoms with van der Waals surface area (Å²) in [4.78, 5) is 95.7. The second-order valence-electron chi connectivity index (χ2n) is 14.2. The first-order chi connectivity index (χ1) is 27.1. The van der Waals surface area contributed by atoms with Gasteiger partial charge in [-0.25, -0.2) is 0 Å². The molecule has 0 heterocycles. The number of carboxylic acid groups (broad SMARTS) is 1. The first-order valence-corrected chi connectivity index (χ1v) is 19.6. The summed E-state index contributed by atoms with van der Waals surface area (Å²) < 4.78 is 0. The number of unbranched alkanes of at least 4 members (excludes halogenated alkanes) is 2. The molecule has 1 aromatic carbocycles. The molecular weight excluding hydrogens is 738 g/mol. The predicted octanol–water partition coefficient (Wildman–Crippen LogP) is -1.38. The van der Waals surface area contributed by atoms with Crippen LogP contribution in [0.1, 0.15) is 90.5 Å². The Labute approximate surface area is 335 Å². The molecule has 0 radical (unpaired) electrons. The fourth-order valence-electron chi connectivity index (χ4n) is 5.73. The van der Waals surface area contributed by atoms with Crippen molar-refractivity contribution in [3.05, 3.63) is 35.9 Å². The van der Waals surface area contributed by atoms with Gasteiger partial charge in [0.2, 0.25) is 35.4 Å². The summed E-state index contributed by atoms with van der Waals surface area (Å²) in [5.41, 5.74) is 23.0. The summed E-state index contributed by atoms with van der Waals surface area (Å²) >= 11 is 0. The van der Waals surface area contributed by atoms with Crippen LogP contribution in [0.2, 0.25) is 0 Å². The van der Waals surface area contributed by atoms with E-state index in [-0.39, 0.29) is 69.3 Å². The third-order valence-corrected chi connectivity index (χ3v) is 8.75. The predicted molar refractivity (Wildman–Crippen MR) is 216 cm³/mol. The van der Waals surface area contributed by atoms with Gasteiger partial charge >= 0.3 is 5.97 Å². The molecule has 6 amide bonds. The van der Waals surface area contributed by atoms with Gasteiger partial charge in [-0.1, -0.05) is 51.1 Å². The van der Waals surface area contributed by atoms with Gasteiger partial charge in [-0.2, -0.15) is 0 Å². The third-order valence-electron chi connectivity index (χ3n) is 8.75. The van der Waals surface area contributed by atoms with Crippen molar-refractivity contribution in [1.82, 2.24) is 31.9 Å². The Bertz CT molecular complexity index is 1460. The Morgan fingerprint density at radius 1 is 0.649 bits per heavy atom. The van der Waals surface area contributed by atoms with Gasteiger partial charge in [0.25, 0.3) is 0 Å². The van der Waals surface area contributed by atoms with Crippen LogP contribution in [0.15, 0.2) is 35.3 Å². The lowest BCUT2D eigenvalue weighted by Crippen LogP contribution is -2.59. The Kier molecular flexibility index (Phi) is 24.6. The number of guanidine groups is 1. The van der Waals surface area contributed by atoms with Crippen LogP contribution in [0.25, 0.3) is 0 Å². The summed E-state index contributed by atoms with van der Waals surface area (Å²) in [6.07, 6.45) is 3.27. The van der Waals surface area contributed by atoms with Crippen molar-refractivity contribution in [3.63, 3.8) is 0 Å². The fraction of sp³-hybridized carbons (Fsp3) is 0.632. The zero-order valence-corrected chi connectivity index (χ0v) is 33.5. The molecule has 0 unspecified atom stereocenters. The average Bonchev–Trinajstić information content (AvgIpc) is 3.16. The van der Waals surface area contributed by atoms with Gasteiger partial charge in [0.05, 0.1) is 0 Å². The fourth-order valence-corrected chi connectivity index (χ4v) is 5.73. The normalized spacial score (nSPS) is 13.5. The van der Waals surface area contributed by atoms with E-state index < -0.39 is 72.3 Å². The molecular formula is C38H65N11O8. The maximum absolute atomic E-state index is 14.0. The second-order valence-corrected chi connectivity index (χ2v) is 14.2. The van der Waals surface area contributed by atoms with Gasteiger partial charge in [0.15, 0.2) is 5.96 Å². The van der Waals surface area contributed by atoms with E-state index in [0.29, 0.717) is 44.3 Å². The van der Waals surface area contributed by atoms with Crippen LogP contribution in [0, 0.1) is 5.92 Å². The van der Waals surface area contributed by atoms with E-state index in [1.807, 2.05) is 13.8 Å². The molecule has 19 nitrogen and oxygen atoms in total. The number of aliphatic carboxylic acids is 1. The minimum atomic E-state index is -1.26. The lowest BCUT2D eigenvalue weighted by atomic mass is 10.00. The van der Waals surface area contributed by atoms with Crippen molar-refractivity contribution in [1.29, 1.82) is 0 Å². The van der Waals surface area contributed by atoms with Gasteiger partial charge in [0.1, 0.15) is 36.8 Å². The Hall–Kier alpha value is -5.30. The number of aliphatic imine (C=N–C) groups is 1. The molecule has 15 N–H and O–H groups in total. The standard InChI is InChI=1S/C38H65N11O8/c1-4-31(50)45-26(15-8-10-18-39)34(54)47-28(17-12-20-43-38(41)42)35(55)46-27(16-9-11-19-40)36(56)48-29(21-24(2)3)37(57)49-30(33(53)44-23-32(51)52)22-25-13-6-5-7-14-25/h5-7,13-14,24,26-30H,4,8-12,15-23,39-40H2,1-3H3,(H,44,53)(H,45,50)(H,46,55)(H,47,54)(H,48,56)(H,49,57)(H,51,52)(H4,41,42,43)/t26-,27-,28-,29-,30-/m0/s1. The maximum atomic E-state index is 14.0. The topological polar surface area (TPSA) is 328 Å². The highest BCUT2D eigenvalue weighted by Crippen LogP contribution is 2.11. The van der Waals surface area contributed by atoms with Crippen LogP contribution < -0.4 is 54.8 Å². The SMILES string of the molecule is CCC(=O)N[C@@H](CCCCN)C(=O)N[C@@H](CCCN=C(N)N)C(=O)N[C@@H](CCCCN)C(=O)N[C@@H](CC(C)C)C(=O)N[C@@H](Cc1ccccc1)C(=O)NCC(=O)O. The van der Waals surface area contributed by atoms with Gasteiger partial charge in [-0.05, 0) is 82.4 Å². The van der Waals surface area contributed by atoms with Crippen LogP contribution in [-0.4, -0.2) is 109 Å². The number of nitrogens with two attached hydrogens (primary N) is 4. The summed E-state index contributed by atoms with van der Waals surface area (Å²) in [6.45, 7) is 5.56. The quantitative estimate of drug-likeness (QED) is 0.0254. The number of hydrogen-bond acceptors (Lipinski definition) is 10. The molecule has 0 saturated heterocycles. The molecule has 0 aliphatic carbocycles. The zero-order valence-electron chi connectivity index (χ0n) is 33.5. The highest BCUT2D eigenvalue weighted by atomic mass is 16.4. The van der Waals surface area contributed by atoms with E-state index in [1.54, 1.807) is 37.3 Å². The molecule has 19 heteroatoms. The van der Waals surface area contributed by atoms with Crippen LogP contribution in [-0.2, 0) is 40.0 Å². The van der Waals surface area contributed by atoms with E-state index in [2.05, 4.69) is 36.9 Å². The van der Waals surface area contributed by atoms with E-state index >= 15 is 0 Å². The Morgan fingerprint density at radius 2 is 1.12 bits per heavy atom. The number of carbonyl (C=O) groups excluding carboxylic acids is 6. The number of amides is 6. The maximum Gasteiger partial charge on any atom is 0.322 e. The minimum absolute atomic E-state index is 0.0461. The first kappa shape index (κ1) is 49.7. The van der Waals surface area contributed by atoms with Crippen molar-refractivity contribution in [2.24, 2.45) is 33.8 Å². The number of carbonyl (C=O) groups is 7. The van der Waals surface area contributed by atoms with Crippen LogP contribution in [0.4, 0.5) is 0 Å². The van der Waals surface area contributed by atoms with Gasteiger partial charge in [0, 0.05) is 19.4 Å². The van der Waals surface area contributed by atoms with Gasteiger partial charge in [-0.15, -0.1) is 0 Å². The number of rotatable bonds is 29. The average molecular weight is 804 g/mol. The summed E-state index contributed by atoms with van der Waals surface area (Å²) in [6, 6.07) is 3.24. The van der Waals surface area contributed by atoms with Crippen molar-refractivity contribution >= 4 is 47.4 Å². The molecule has 1 rings (SSSR count). The third kappa shape index (κ3) is 21.5. The second kappa shape index (κ2) is 28.1. The molecule has 0 bridgehead atoms. The number of nitrogens with zero attached hydrogens (tertiary/aromatic N) is 1. The largest absolute Gasteiger partial charge is 0.480 e. The number of hydrogen-bond donors (Lipinski definition) is 11. The molecule has 0 aliphatic rings. The minimum Gasteiger partial charge on any atom is -0.480 e. The van der Waals surface area contributed by atoms with Crippen LogP contribution in [0.3, 0.4) is 0 Å². The molecule has 1 aromatic rings. The number of benzene rings is 1. The molecule has 0 aliphatic heterocycles. The van der Waals surface area contributed by atoms with E-state index in [0.717, 1.165) is 0 Å². The molecule has 0 fully saturated rings. The zero-order chi connectivity index (χ0) is 42.8. The van der Waals surface area contributed by atoms with E-state index in [9.17, 15) is 33.6 Å². The highest BCUT2D eigenvalue weighted by molar-refractivity contribution is 5.96. The van der Waals surface area contributed by atoms with Crippen molar-refractivity contribution in [3.8, 4) is 0 Å². The Balaban J connectivity index is 3.37. The Morgan fingerprint density at radius 3 is 1.60 bits per heavy atom. The monoisotopic (exact) mass is 804 g/mol. The molecule has 320 valence electrons. The molecule has 0 saturated carbocycles. The summed E-state index contributed by atoms with van der Waals surface area (Å²) in [7, 11) is 0. The summed E-state index contributed by atoms with van der Waals surface area (Å²) in [5, 5.41) is 25.0. The van der Waals surface area contributed by atoms with Crippen molar-refractivity contribution in [2.75, 3.05) is 26.2 Å². The molecule has 57 heavy (non-hydrogen) atoms. The first-order valence-electron chi connectivity index (χ1n) is 19.6. The molecule has 5 atom stereocenters. The van der Waals surface area contributed by atoms with Gasteiger partial charge < -0.3 is 59.9 Å². The smallest absolute Gasteiger partial charge is 0.322 e. The van der Waals surface area contributed by atoms with E-state index in [4.69, 9.17) is 28.0 Å². The van der Waals surface area contributed by atoms with Crippen LogP contribution >= 0.6 is 0 Å². The number of nitrogens with one attached hydrogen (secondary N) is 6. The summed E-state index contributed by atoms with van der Waals surface area (Å²) in [5.74, 6) is -5.23. The van der Waals surface area contributed by atoms with Crippen molar-refractivity contribution in [2.45, 2.75) is 122 Å². The number of carboxylic acids is 1. The molecule has 0 spiro atoms. The lowest BCUT2D eigenvalue weighted by molar-refractivity contribution is -0.138. The van der Waals surface area contributed by atoms with Crippen LogP contribution in [0.5, 0.6) is 0 Å². The van der Waals surface area contributed by atoms with Crippen molar-refractivity contribution < 1.29 is 38.7 Å². The van der Waals surface area contributed by atoms with Gasteiger partial charge in [-0.3, -0.25) is 38.6 Å². The highest BCUT2D eigenvalue weighted by Gasteiger charge is 2.33.